The molecule has 2 aliphatic heterocycles. The van der Waals surface area contributed by atoms with Gasteiger partial charge in [-0.25, -0.2) is 23.1 Å². The number of halogens is 2. The first-order valence-corrected chi connectivity index (χ1v) is 15.6. The molecule has 4 aromatic rings. The smallest absolute Gasteiger partial charge is 0.355 e. The Hall–Kier alpha value is -4.32. The predicted octanol–water partition coefficient (Wildman–Crippen LogP) is 5.38. The van der Waals surface area contributed by atoms with E-state index in [1.165, 1.54) is 22.8 Å². The number of amides is 1. The minimum absolute atomic E-state index is 0.00317. The molecule has 228 valence electrons. The van der Waals surface area contributed by atoms with Crippen molar-refractivity contribution in [2.75, 3.05) is 42.1 Å². The fraction of sp³-hybridized carbons (Fsp3) is 0.344. The van der Waals surface area contributed by atoms with Gasteiger partial charge >= 0.3 is 5.69 Å². The third kappa shape index (κ3) is 5.21. The molecular formula is C32H33F2N7O2S. The molecule has 1 aromatic carbocycles. The largest absolute Gasteiger partial charge is 0.384 e. The van der Waals surface area contributed by atoms with E-state index < -0.39 is 17.3 Å². The van der Waals surface area contributed by atoms with E-state index in [1.54, 1.807) is 35.0 Å². The van der Waals surface area contributed by atoms with Crippen LogP contribution in [0.5, 0.6) is 0 Å². The van der Waals surface area contributed by atoms with E-state index in [0.29, 0.717) is 54.4 Å². The Morgan fingerprint density at radius 2 is 2.00 bits per heavy atom. The van der Waals surface area contributed by atoms with E-state index in [-0.39, 0.29) is 40.6 Å². The SMILES string of the molecule is C=CC(=O)N1CCN(c2nc(=O)n3c4nc(c(F)cc24)-c2c(F)cccc2NCCCSc2ccnc(C(C)C)c2-3)[C@@H](C)C1. The molecule has 0 aliphatic carbocycles. The maximum atomic E-state index is 16.2. The van der Waals surface area contributed by atoms with E-state index in [1.807, 2.05) is 31.7 Å². The number of fused-ring (bicyclic) bond motifs is 5. The van der Waals surface area contributed by atoms with Gasteiger partial charge in [0.1, 0.15) is 17.3 Å². The monoisotopic (exact) mass is 617 g/mol. The van der Waals surface area contributed by atoms with Crippen molar-refractivity contribution in [3.05, 3.63) is 77.0 Å². The lowest BCUT2D eigenvalue weighted by Gasteiger charge is -2.40. The summed E-state index contributed by atoms with van der Waals surface area (Å²) in [6.07, 6.45) is 3.73. The fourth-order valence-corrected chi connectivity index (χ4v) is 6.91. The summed E-state index contributed by atoms with van der Waals surface area (Å²) < 4.78 is 33.1. The van der Waals surface area contributed by atoms with Crippen LogP contribution < -0.4 is 15.9 Å². The number of rotatable bonds is 3. The molecule has 0 spiro atoms. The van der Waals surface area contributed by atoms with Crippen LogP contribution in [0.25, 0.3) is 28.0 Å². The van der Waals surface area contributed by atoms with Crippen LogP contribution in [-0.2, 0) is 4.79 Å². The third-order valence-electron chi connectivity index (χ3n) is 8.02. The van der Waals surface area contributed by atoms with E-state index >= 15 is 8.78 Å². The molecule has 0 unspecified atom stereocenters. The van der Waals surface area contributed by atoms with Crippen molar-refractivity contribution < 1.29 is 13.6 Å². The number of nitrogens with one attached hydrogen (secondary N) is 1. The van der Waals surface area contributed by atoms with E-state index in [2.05, 4.69) is 21.9 Å². The lowest BCUT2D eigenvalue weighted by molar-refractivity contribution is -0.126. The van der Waals surface area contributed by atoms with Crippen molar-refractivity contribution in [2.45, 2.75) is 44.0 Å². The van der Waals surface area contributed by atoms with Gasteiger partial charge in [-0.15, -0.1) is 11.8 Å². The predicted molar refractivity (Wildman–Crippen MR) is 170 cm³/mol. The molecule has 3 aromatic heterocycles. The molecule has 1 atom stereocenters. The summed E-state index contributed by atoms with van der Waals surface area (Å²) in [5, 5.41) is 3.56. The normalized spacial score (nSPS) is 16.9. The summed E-state index contributed by atoms with van der Waals surface area (Å²) in [6.45, 7) is 11.1. The molecule has 1 N–H and O–H groups in total. The second-order valence-corrected chi connectivity index (χ2v) is 12.4. The zero-order valence-corrected chi connectivity index (χ0v) is 25.6. The van der Waals surface area contributed by atoms with Crippen LogP contribution in [0.4, 0.5) is 20.3 Å². The van der Waals surface area contributed by atoms with Gasteiger partial charge in [-0.2, -0.15) is 4.98 Å². The van der Waals surface area contributed by atoms with Crippen molar-refractivity contribution in [3.8, 4) is 16.9 Å². The summed E-state index contributed by atoms with van der Waals surface area (Å²) in [5.74, 6) is -0.644. The van der Waals surface area contributed by atoms with Crippen molar-refractivity contribution in [3.63, 3.8) is 0 Å². The number of hydrogen-bond acceptors (Lipinski definition) is 8. The van der Waals surface area contributed by atoms with Crippen molar-refractivity contribution in [2.24, 2.45) is 0 Å². The number of nitrogens with zero attached hydrogens (tertiary/aromatic N) is 6. The van der Waals surface area contributed by atoms with Crippen molar-refractivity contribution in [1.82, 2.24) is 24.4 Å². The number of benzene rings is 1. The zero-order chi connectivity index (χ0) is 31.1. The standard InChI is InChI=1S/C32H33F2N7O2S/c1-5-25(42)39-13-14-40(19(4)17-39)30-20-16-22(34)28-26-21(33)8-6-9-23(26)35-11-7-15-44-24-10-12-36-27(18(2)3)29(24)41(31(20)37-28)32(43)38-30/h5-6,8-10,12,16,18-19,35H,1,7,11,13-15,17H2,2-4H3/t19-/m0/s1. The van der Waals surface area contributed by atoms with Gasteiger partial charge in [0.2, 0.25) is 5.91 Å². The van der Waals surface area contributed by atoms with Gasteiger partial charge in [0.25, 0.3) is 0 Å². The minimum Gasteiger partial charge on any atom is -0.384 e. The van der Waals surface area contributed by atoms with Gasteiger partial charge < -0.3 is 15.1 Å². The lowest BCUT2D eigenvalue weighted by Crippen LogP contribution is -2.54. The Morgan fingerprint density at radius 1 is 1.18 bits per heavy atom. The molecular weight excluding hydrogens is 584 g/mol. The third-order valence-corrected chi connectivity index (χ3v) is 9.15. The summed E-state index contributed by atoms with van der Waals surface area (Å²) in [7, 11) is 0. The highest BCUT2D eigenvalue weighted by molar-refractivity contribution is 7.99. The minimum atomic E-state index is -0.744. The first kappa shape index (κ1) is 29.7. The number of pyridine rings is 2. The number of anilines is 2. The average molecular weight is 618 g/mol. The molecule has 6 rings (SSSR count). The second kappa shape index (κ2) is 12.0. The Kier molecular flexibility index (Phi) is 8.10. The van der Waals surface area contributed by atoms with Crippen molar-refractivity contribution in [1.29, 1.82) is 0 Å². The Morgan fingerprint density at radius 3 is 2.75 bits per heavy atom. The first-order valence-electron chi connectivity index (χ1n) is 14.7. The summed E-state index contributed by atoms with van der Waals surface area (Å²) in [5.41, 5.74) is 0.970. The topological polar surface area (TPSA) is 96.3 Å². The van der Waals surface area contributed by atoms with Gasteiger partial charge in [-0.05, 0) is 55.4 Å². The highest BCUT2D eigenvalue weighted by atomic mass is 32.2. The molecule has 0 radical (unpaired) electrons. The van der Waals surface area contributed by atoms with Crippen LogP contribution in [0, 0.1) is 11.6 Å². The number of thioether (sulfide) groups is 1. The van der Waals surface area contributed by atoms with Crippen molar-refractivity contribution >= 4 is 40.2 Å². The van der Waals surface area contributed by atoms with Crippen LogP contribution in [0.1, 0.15) is 38.8 Å². The van der Waals surface area contributed by atoms with Crippen LogP contribution >= 0.6 is 11.8 Å². The quantitative estimate of drug-likeness (QED) is 0.307. The van der Waals surface area contributed by atoms with Gasteiger partial charge in [-0.3, -0.25) is 9.78 Å². The van der Waals surface area contributed by atoms with E-state index in [9.17, 15) is 9.59 Å². The summed E-state index contributed by atoms with van der Waals surface area (Å²) in [6, 6.07) is 7.45. The maximum absolute atomic E-state index is 16.2. The molecule has 1 amide bonds. The average Bonchev–Trinajstić information content (AvgIpc) is 3.01. The first-order chi connectivity index (χ1) is 21.2. The number of carbonyl (C=O) groups is 1. The Bertz CT molecular complexity index is 1840. The molecule has 1 saturated heterocycles. The molecule has 12 heteroatoms. The molecule has 1 fully saturated rings. The highest BCUT2D eigenvalue weighted by Gasteiger charge is 2.31. The van der Waals surface area contributed by atoms with E-state index in [4.69, 9.17) is 4.98 Å². The molecule has 2 bridgehead atoms. The number of carbonyl (C=O) groups excluding carboxylic acids is 1. The molecule has 5 heterocycles. The second-order valence-electron chi connectivity index (χ2n) is 11.3. The van der Waals surface area contributed by atoms with Crippen LogP contribution in [0.3, 0.4) is 0 Å². The lowest BCUT2D eigenvalue weighted by atomic mass is 10.1. The molecule has 9 nitrogen and oxygen atoms in total. The molecule has 2 aliphatic rings. The van der Waals surface area contributed by atoms with Gasteiger partial charge in [0, 0.05) is 49.0 Å². The number of hydrogen-bond donors (Lipinski definition) is 1. The van der Waals surface area contributed by atoms with Crippen LogP contribution in [-0.4, -0.2) is 68.3 Å². The number of aromatic nitrogens is 4. The van der Waals surface area contributed by atoms with Gasteiger partial charge in [0.15, 0.2) is 11.5 Å². The number of piperazine rings is 1. The van der Waals surface area contributed by atoms with Gasteiger partial charge in [-0.1, -0.05) is 26.5 Å². The van der Waals surface area contributed by atoms with Gasteiger partial charge in [0.05, 0.1) is 22.3 Å². The fourth-order valence-electron chi connectivity index (χ4n) is 5.91. The summed E-state index contributed by atoms with van der Waals surface area (Å²) >= 11 is 1.58. The maximum Gasteiger partial charge on any atom is 0.355 e. The highest BCUT2D eigenvalue weighted by Crippen LogP contribution is 2.38. The molecule has 44 heavy (non-hydrogen) atoms. The van der Waals surface area contributed by atoms with E-state index in [0.717, 1.165) is 11.3 Å². The zero-order valence-electron chi connectivity index (χ0n) is 24.8. The van der Waals surface area contributed by atoms with Crippen LogP contribution in [0.15, 0.2) is 58.9 Å². The Labute approximate surface area is 258 Å². The summed E-state index contributed by atoms with van der Waals surface area (Å²) in [4.78, 5) is 44.8. The van der Waals surface area contributed by atoms with Crippen LogP contribution in [0.2, 0.25) is 0 Å². The Balaban J connectivity index is 1.68. The molecule has 0 saturated carbocycles.